The molecule has 2 N–H and O–H groups in total. The first-order chi connectivity index (χ1) is 9.49. The maximum atomic E-state index is 11.9. The highest BCUT2D eigenvalue weighted by atomic mass is 32.2. The monoisotopic (exact) mass is 303 g/mol. The molecule has 0 amide bonds. The molecule has 1 unspecified atom stereocenters. The fraction of sp³-hybridized carbons (Fsp3) is 0.750. The van der Waals surface area contributed by atoms with Crippen LogP contribution in [0.5, 0.6) is 0 Å². The average Bonchev–Trinajstić information content (AvgIpc) is 2.87. The normalized spacial score (nSPS) is 19.1. The number of hydrogen-bond acceptors (Lipinski definition) is 5. The standard InChI is InChI=1S/C12H21N3O4S/c1-15-9-11(8-13-15)20(17,18)14-5-2-12(16)10-3-6-19-7-4-10/h8-10,12,14,16H,2-7H2,1H3. The quantitative estimate of drug-likeness (QED) is 0.764. The Morgan fingerprint density at radius 3 is 2.85 bits per heavy atom. The predicted molar refractivity (Wildman–Crippen MR) is 72.6 cm³/mol. The second-order valence-corrected chi connectivity index (χ2v) is 6.82. The Balaban J connectivity index is 1.80. The molecule has 1 aliphatic heterocycles. The molecule has 1 aromatic heterocycles. The number of aliphatic hydroxyl groups excluding tert-OH is 1. The van der Waals surface area contributed by atoms with Crippen molar-refractivity contribution in [2.75, 3.05) is 19.8 Å². The third-order valence-electron chi connectivity index (χ3n) is 3.53. The van der Waals surface area contributed by atoms with Crippen molar-refractivity contribution in [1.29, 1.82) is 0 Å². The van der Waals surface area contributed by atoms with Crippen LogP contribution in [0.4, 0.5) is 0 Å². The highest BCUT2D eigenvalue weighted by Gasteiger charge is 2.23. The summed E-state index contributed by atoms with van der Waals surface area (Å²) in [4.78, 5) is 0.139. The molecule has 0 saturated carbocycles. The fourth-order valence-corrected chi connectivity index (χ4v) is 3.33. The van der Waals surface area contributed by atoms with E-state index in [2.05, 4.69) is 9.82 Å². The number of rotatable bonds is 6. The summed E-state index contributed by atoms with van der Waals surface area (Å²) in [6, 6.07) is 0. The van der Waals surface area contributed by atoms with E-state index in [1.165, 1.54) is 17.1 Å². The smallest absolute Gasteiger partial charge is 0.243 e. The van der Waals surface area contributed by atoms with E-state index in [0.717, 1.165) is 12.8 Å². The lowest BCUT2D eigenvalue weighted by molar-refractivity contribution is 0.00567. The molecule has 1 aliphatic rings. The van der Waals surface area contributed by atoms with Crippen molar-refractivity contribution in [2.24, 2.45) is 13.0 Å². The molecule has 0 bridgehead atoms. The van der Waals surface area contributed by atoms with E-state index in [0.29, 0.717) is 19.6 Å². The minimum atomic E-state index is -3.53. The number of nitrogens with one attached hydrogen (secondary N) is 1. The molecule has 1 atom stereocenters. The summed E-state index contributed by atoms with van der Waals surface area (Å²) in [6.45, 7) is 1.56. The van der Waals surface area contributed by atoms with Gasteiger partial charge in [-0.25, -0.2) is 13.1 Å². The van der Waals surface area contributed by atoms with Gasteiger partial charge in [-0.15, -0.1) is 0 Å². The summed E-state index contributed by atoms with van der Waals surface area (Å²) in [5, 5.41) is 13.9. The average molecular weight is 303 g/mol. The van der Waals surface area contributed by atoms with E-state index in [9.17, 15) is 13.5 Å². The van der Waals surface area contributed by atoms with E-state index in [1.54, 1.807) is 7.05 Å². The SMILES string of the molecule is Cn1cc(S(=O)(=O)NCCC(O)C2CCOCC2)cn1. The van der Waals surface area contributed by atoms with Gasteiger partial charge in [0.05, 0.1) is 12.3 Å². The van der Waals surface area contributed by atoms with E-state index in [4.69, 9.17) is 4.74 Å². The Morgan fingerprint density at radius 2 is 2.25 bits per heavy atom. The topological polar surface area (TPSA) is 93.5 Å². The third kappa shape index (κ3) is 4.02. The van der Waals surface area contributed by atoms with Crippen LogP contribution < -0.4 is 4.72 Å². The first kappa shape index (κ1) is 15.4. The van der Waals surface area contributed by atoms with Crippen molar-refractivity contribution >= 4 is 10.0 Å². The molecule has 8 heteroatoms. The van der Waals surface area contributed by atoms with E-state index < -0.39 is 16.1 Å². The molecular weight excluding hydrogens is 282 g/mol. The van der Waals surface area contributed by atoms with Gasteiger partial charge in [0, 0.05) is 33.0 Å². The van der Waals surface area contributed by atoms with Crippen LogP contribution >= 0.6 is 0 Å². The molecule has 1 saturated heterocycles. The van der Waals surface area contributed by atoms with Crippen LogP contribution in [0.25, 0.3) is 0 Å². The zero-order valence-electron chi connectivity index (χ0n) is 11.5. The third-order valence-corrected chi connectivity index (χ3v) is 4.95. The molecule has 20 heavy (non-hydrogen) atoms. The summed E-state index contributed by atoms with van der Waals surface area (Å²) < 4.78 is 33.0. The maximum Gasteiger partial charge on any atom is 0.243 e. The molecule has 0 aliphatic carbocycles. The van der Waals surface area contributed by atoms with Crippen LogP contribution in [0, 0.1) is 5.92 Å². The highest BCUT2D eigenvalue weighted by Crippen LogP contribution is 2.20. The number of aryl methyl sites for hydroxylation is 1. The lowest BCUT2D eigenvalue weighted by atomic mass is 9.92. The number of ether oxygens (including phenoxy) is 1. The van der Waals surface area contributed by atoms with Crippen molar-refractivity contribution in [1.82, 2.24) is 14.5 Å². The Hall–Kier alpha value is -0.960. The second-order valence-electron chi connectivity index (χ2n) is 5.05. The van der Waals surface area contributed by atoms with Gasteiger partial charge < -0.3 is 9.84 Å². The van der Waals surface area contributed by atoms with Gasteiger partial charge >= 0.3 is 0 Å². The minimum Gasteiger partial charge on any atom is -0.393 e. The van der Waals surface area contributed by atoms with Crippen molar-refractivity contribution in [3.63, 3.8) is 0 Å². The summed E-state index contributed by atoms with van der Waals surface area (Å²) >= 11 is 0. The van der Waals surface area contributed by atoms with Crippen LogP contribution in [0.1, 0.15) is 19.3 Å². The maximum absolute atomic E-state index is 11.9. The number of aliphatic hydroxyl groups is 1. The van der Waals surface area contributed by atoms with Crippen molar-refractivity contribution in [3.05, 3.63) is 12.4 Å². The molecular formula is C12H21N3O4S. The summed E-state index contributed by atoms with van der Waals surface area (Å²) in [5.41, 5.74) is 0. The first-order valence-corrected chi connectivity index (χ1v) is 8.21. The fourth-order valence-electron chi connectivity index (χ4n) is 2.30. The molecule has 114 valence electrons. The molecule has 7 nitrogen and oxygen atoms in total. The van der Waals surface area contributed by atoms with Crippen molar-refractivity contribution in [3.8, 4) is 0 Å². The van der Waals surface area contributed by atoms with Crippen LogP contribution in [-0.2, 0) is 21.8 Å². The van der Waals surface area contributed by atoms with Crippen LogP contribution in [0.3, 0.4) is 0 Å². The Bertz CT molecular complexity index is 523. The Kier molecular flexibility index (Phi) is 5.14. The van der Waals surface area contributed by atoms with E-state index in [1.807, 2.05) is 0 Å². The van der Waals surface area contributed by atoms with Gasteiger partial charge in [0.1, 0.15) is 4.90 Å². The highest BCUT2D eigenvalue weighted by molar-refractivity contribution is 7.89. The summed E-state index contributed by atoms with van der Waals surface area (Å²) in [5.74, 6) is 0.201. The molecule has 2 heterocycles. The summed E-state index contributed by atoms with van der Waals surface area (Å²) in [7, 11) is -1.87. The van der Waals surface area contributed by atoms with Gasteiger partial charge in [-0.3, -0.25) is 4.68 Å². The zero-order chi connectivity index (χ0) is 14.6. The number of hydrogen-bond donors (Lipinski definition) is 2. The van der Waals surface area contributed by atoms with Gasteiger partial charge in [0.15, 0.2) is 0 Å². The van der Waals surface area contributed by atoms with E-state index >= 15 is 0 Å². The van der Waals surface area contributed by atoms with Gasteiger partial charge in [-0.2, -0.15) is 5.10 Å². The molecule has 0 radical (unpaired) electrons. The van der Waals surface area contributed by atoms with Gasteiger partial charge in [-0.05, 0) is 25.2 Å². The predicted octanol–water partition coefficient (Wildman–Crippen LogP) is -0.124. The van der Waals surface area contributed by atoms with Crippen LogP contribution in [0.15, 0.2) is 17.3 Å². The molecule has 0 spiro atoms. The second kappa shape index (κ2) is 6.66. The minimum absolute atomic E-state index is 0.139. The number of sulfonamides is 1. The number of aromatic nitrogens is 2. The Morgan fingerprint density at radius 1 is 1.55 bits per heavy atom. The van der Waals surface area contributed by atoms with Crippen LogP contribution in [-0.4, -0.2) is 49.2 Å². The van der Waals surface area contributed by atoms with Crippen LogP contribution in [0.2, 0.25) is 0 Å². The molecule has 0 aromatic carbocycles. The lowest BCUT2D eigenvalue weighted by Crippen LogP contribution is -2.32. The summed E-state index contributed by atoms with van der Waals surface area (Å²) in [6.07, 6.45) is 4.32. The van der Waals surface area contributed by atoms with Gasteiger partial charge in [0.2, 0.25) is 10.0 Å². The van der Waals surface area contributed by atoms with Gasteiger partial charge in [0.25, 0.3) is 0 Å². The largest absolute Gasteiger partial charge is 0.393 e. The lowest BCUT2D eigenvalue weighted by Gasteiger charge is -2.26. The van der Waals surface area contributed by atoms with Crippen molar-refractivity contribution in [2.45, 2.75) is 30.3 Å². The van der Waals surface area contributed by atoms with Crippen molar-refractivity contribution < 1.29 is 18.3 Å². The molecule has 2 rings (SSSR count). The molecule has 1 aromatic rings. The zero-order valence-corrected chi connectivity index (χ0v) is 12.3. The molecule has 1 fully saturated rings. The van der Waals surface area contributed by atoms with Gasteiger partial charge in [-0.1, -0.05) is 0 Å². The Labute approximate surface area is 119 Å². The number of nitrogens with zero attached hydrogens (tertiary/aromatic N) is 2. The van der Waals surface area contributed by atoms with E-state index in [-0.39, 0.29) is 17.4 Å². The first-order valence-electron chi connectivity index (χ1n) is 6.73.